The minimum absolute atomic E-state index is 0.0181. The van der Waals surface area contributed by atoms with Gasteiger partial charge in [-0.15, -0.1) is 0 Å². The normalized spacial score (nSPS) is 13.6. The van der Waals surface area contributed by atoms with E-state index >= 15 is 0 Å². The van der Waals surface area contributed by atoms with Gasteiger partial charge >= 0.3 is 25.2 Å². The van der Waals surface area contributed by atoms with Gasteiger partial charge in [-0.3, -0.25) is 13.9 Å². The van der Waals surface area contributed by atoms with Crippen molar-refractivity contribution >= 4 is 36.2 Å². The van der Waals surface area contributed by atoms with Crippen molar-refractivity contribution in [3.8, 4) is 6.01 Å². The number of H-pyrrole nitrogens is 1. The second-order valence-electron chi connectivity index (χ2n) is 9.56. The van der Waals surface area contributed by atoms with Crippen LogP contribution in [0.4, 0.5) is 5.82 Å². The van der Waals surface area contributed by atoms with E-state index in [2.05, 4.69) is 25.2 Å². The number of hydrogen-bond acceptors (Lipinski definition) is 11. The molecule has 1 unspecified atom stereocenters. The lowest BCUT2D eigenvalue weighted by Crippen LogP contribution is -2.35. The van der Waals surface area contributed by atoms with Crippen LogP contribution in [-0.4, -0.2) is 63.7 Å². The number of aromatic nitrogens is 4. The Labute approximate surface area is 231 Å². The van der Waals surface area contributed by atoms with Crippen LogP contribution < -0.4 is 21.2 Å². The average Bonchev–Trinajstić information content (AvgIpc) is 3.18. The van der Waals surface area contributed by atoms with Crippen LogP contribution in [0.2, 0.25) is 0 Å². The van der Waals surface area contributed by atoms with Gasteiger partial charge in [-0.1, -0.05) is 29.4 Å². The molecule has 2 atom stereocenters. The van der Waals surface area contributed by atoms with E-state index in [4.69, 9.17) is 24.6 Å². The van der Waals surface area contributed by atoms with Crippen LogP contribution in [0.1, 0.15) is 45.7 Å². The number of benzene rings is 1. The number of aromatic amines is 1. The number of methoxy groups -OCH3 is 1. The number of carbonyl (C=O) groups excluding carboxylic acids is 1. The Morgan fingerprint density at radius 2 is 1.93 bits per heavy atom. The largest absolute Gasteiger partial charge is 0.462 e. The Balaban J connectivity index is 1.87. The number of imidazole rings is 1. The Morgan fingerprint density at radius 3 is 2.60 bits per heavy atom. The quantitative estimate of drug-likeness (QED) is 0.0841. The minimum atomic E-state index is -3.69. The highest BCUT2D eigenvalue weighted by atomic mass is 31.2. The predicted molar refractivity (Wildman–Crippen MR) is 150 cm³/mol. The number of nitrogens with two attached hydrogens (primary N) is 1. The summed E-state index contributed by atoms with van der Waals surface area (Å²) in [6.45, 7) is 9.07. The van der Waals surface area contributed by atoms with Crippen molar-refractivity contribution < 1.29 is 28.2 Å². The van der Waals surface area contributed by atoms with Gasteiger partial charge in [-0.2, -0.15) is 9.97 Å². The van der Waals surface area contributed by atoms with Gasteiger partial charge in [0.1, 0.15) is 18.2 Å². The van der Waals surface area contributed by atoms with Gasteiger partial charge in [0.25, 0.3) is 0 Å². The molecule has 3 rings (SSSR count). The van der Waals surface area contributed by atoms with Gasteiger partial charge in [-0.25, -0.2) is 9.88 Å². The van der Waals surface area contributed by atoms with Crippen LogP contribution in [-0.2, 0) is 36.2 Å². The van der Waals surface area contributed by atoms with Crippen molar-refractivity contribution in [2.75, 3.05) is 26.1 Å². The smallest absolute Gasteiger partial charge is 0.344 e. The molecule has 14 nitrogen and oxygen atoms in total. The maximum Gasteiger partial charge on any atom is 0.344 e. The zero-order valence-electron chi connectivity index (χ0n) is 23.5. The van der Waals surface area contributed by atoms with Crippen LogP contribution in [0.25, 0.3) is 11.2 Å². The van der Waals surface area contributed by atoms with Gasteiger partial charge in [0.2, 0.25) is 0 Å². The molecule has 2 aromatic heterocycles. The highest BCUT2D eigenvalue weighted by molar-refractivity contribution is 7.56. The Hall–Kier alpha value is -3.74. The lowest BCUT2D eigenvalue weighted by Gasteiger charge is -2.22. The zero-order valence-corrected chi connectivity index (χ0v) is 24.4. The van der Waals surface area contributed by atoms with E-state index < -0.39 is 25.2 Å². The van der Waals surface area contributed by atoms with Crippen LogP contribution in [0, 0.1) is 0 Å². The molecule has 4 N–H and O–H groups in total. The van der Waals surface area contributed by atoms with E-state index in [-0.39, 0.29) is 48.4 Å². The molecular weight excluding hydrogens is 541 g/mol. The summed E-state index contributed by atoms with van der Waals surface area (Å²) in [5.74, 6) is -0.488. The number of nitrogen functional groups attached to an aromatic ring is 1. The fraction of sp³-hybridized carbons (Fsp3) is 0.480. The maximum absolute atomic E-state index is 13.8. The Morgan fingerprint density at radius 1 is 1.20 bits per heavy atom. The number of fused-ring (bicyclic) bond motifs is 1. The van der Waals surface area contributed by atoms with E-state index in [1.54, 1.807) is 59.9 Å². The second-order valence-corrected chi connectivity index (χ2v) is 11.6. The molecular formula is C25H36N7O7P. The van der Waals surface area contributed by atoms with Gasteiger partial charge in [0, 0.05) is 7.11 Å². The van der Waals surface area contributed by atoms with Gasteiger partial charge in [0.05, 0.1) is 31.1 Å². The standard InChI is InChI=1S/C25H36N7O7P/c1-15(2)30-39-40(35,31-17(5)23(33)38-16(3)4)14-19-9-7-8-18(12-19)13-32-22-20(27-25(32)34)21(26)28-24(29-22)37-11-10-36-6/h7-9,12,16-17H,10-11,13-14H2,1-6H3,(H,27,34)(H,31,35)(H2,26,28,29)/t17-,40?/m0/s1. The molecule has 0 saturated carbocycles. The molecule has 1 aromatic carbocycles. The number of ether oxygens (including phenoxy) is 3. The first-order valence-corrected chi connectivity index (χ1v) is 14.4. The van der Waals surface area contributed by atoms with Crippen LogP contribution >= 0.6 is 7.52 Å². The number of rotatable bonds is 14. The fourth-order valence-corrected chi connectivity index (χ4v) is 5.50. The molecule has 0 aliphatic rings. The summed E-state index contributed by atoms with van der Waals surface area (Å²) in [4.78, 5) is 36.2. The molecule has 0 aliphatic carbocycles. The molecule has 0 aliphatic heterocycles. The molecule has 3 aromatic rings. The molecule has 0 saturated heterocycles. The summed E-state index contributed by atoms with van der Waals surface area (Å²) in [6.07, 6.45) is -0.405. The van der Waals surface area contributed by atoms with Crippen molar-refractivity contribution in [1.82, 2.24) is 24.6 Å². The monoisotopic (exact) mass is 577 g/mol. The third-order valence-corrected chi connectivity index (χ3v) is 7.23. The average molecular weight is 578 g/mol. The van der Waals surface area contributed by atoms with Crippen molar-refractivity contribution in [3.63, 3.8) is 0 Å². The Kier molecular flexibility index (Phi) is 10.4. The molecule has 0 bridgehead atoms. The van der Waals surface area contributed by atoms with Crippen molar-refractivity contribution in [2.45, 2.75) is 59.5 Å². The molecule has 0 fully saturated rings. The minimum Gasteiger partial charge on any atom is -0.462 e. The van der Waals surface area contributed by atoms with E-state index in [0.717, 1.165) is 0 Å². The lowest BCUT2D eigenvalue weighted by atomic mass is 10.1. The molecule has 0 amide bonds. The van der Waals surface area contributed by atoms with Crippen molar-refractivity contribution in [3.05, 3.63) is 45.9 Å². The summed E-state index contributed by atoms with van der Waals surface area (Å²) >= 11 is 0. The molecule has 0 spiro atoms. The number of hydrogen-bond donors (Lipinski definition) is 3. The fourth-order valence-electron chi connectivity index (χ4n) is 3.64. The number of nitrogens with one attached hydrogen (secondary N) is 2. The summed E-state index contributed by atoms with van der Waals surface area (Å²) < 4.78 is 36.3. The maximum atomic E-state index is 13.8. The lowest BCUT2D eigenvalue weighted by molar-refractivity contribution is -0.149. The van der Waals surface area contributed by atoms with Gasteiger partial charge in [0.15, 0.2) is 11.5 Å². The highest BCUT2D eigenvalue weighted by Crippen LogP contribution is 2.47. The van der Waals surface area contributed by atoms with Crippen LogP contribution in [0.3, 0.4) is 0 Å². The third-order valence-electron chi connectivity index (χ3n) is 5.32. The molecule has 2 heterocycles. The van der Waals surface area contributed by atoms with Crippen LogP contribution in [0.15, 0.2) is 34.2 Å². The number of nitrogens with zero attached hydrogens (tertiary/aromatic N) is 4. The van der Waals surface area contributed by atoms with E-state index in [9.17, 15) is 14.2 Å². The number of esters is 1. The SMILES string of the molecule is COCCOc1nc(N)c2[nH]c(=O)n(Cc3cccc(CP(=O)(N[C@@H](C)C(=O)OC(C)C)ON=C(C)C)c3)c2n1. The first-order valence-electron chi connectivity index (χ1n) is 12.6. The highest BCUT2D eigenvalue weighted by Gasteiger charge is 2.31. The summed E-state index contributed by atoms with van der Waals surface area (Å²) in [5, 5.41) is 6.65. The van der Waals surface area contributed by atoms with E-state index in [0.29, 0.717) is 23.4 Å². The summed E-state index contributed by atoms with van der Waals surface area (Å²) in [5.41, 5.74) is 8.06. The van der Waals surface area contributed by atoms with E-state index in [1.807, 2.05) is 6.07 Å². The Bertz CT molecular complexity index is 1460. The molecule has 0 radical (unpaired) electrons. The molecule has 40 heavy (non-hydrogen) atoms. The molecule has 218 valence electrons. The zero-order chi connectivity index (χ0) is 29.4. The van der Waals surface area contributed by atoms with Crippen LogP contribution in [0.5, 0.6) is 6.01 Å². The van der Waals surface area contributed by atoms with Gasteiger partial charge in [-0.05, 0) is 45.7 Å². The van der Waals surface area contributed by atoms with Gasteiger partial charge < -0.3 is 29.6 Å². The number of anilines is 1. The molecule has 15 heteroatoms. The van der Waals surface area contributed by atoms with Crippen molar-refractivity contribution in [2.24, 2.45) is 5.16 Å². The summed E-state index contributed by atoms with van der Waals surface area (Å²) in [6, 6.07) is 6.24. The second kappa shape index (κ2) is 13.6. The topological polar surface area (TPSA) is 185 Å². The third kappa shape index (κ3) is 8.38. The number of oxime groups is 1. The van der Waals surface area contributed by atoms with E-state index in [1.165, 1.54) is 4.57 Å². The first kappa shape index (κ1) is 30.8. The van der Waals surface area contributed by atoms with Crippen molar-refractivity contribution in [1.29, 1.82) is 0 Å². The first-order chi connectivity index (χ1) is 18.9. The number of carbonyl (C=O) groups is 1. The predicted octanol–water partition coefficient (Wildman–Crippen LogP) is 2.81. The summed E-state index contributed by atoms with van der Waals surface area (Å²) in [7, 11) is -2.15.